The second-order valence-corrected chi connectivity index (χ2v) is 6.15. The molecular formula is C13H14F2N2O3S. The molecule has 0 aromatic heterocycles. The molecule has 2 rings (SSSR count). The zero-order valence-corrected chi connectivity index (χ0v) is 11.9. The molecule has 1 heterocycles. The fourth-order valence-electron chi connectivity index (χ4n) is 2.14. The minimum absolute atomic E-state index is 0.245. The number of nitro groups is 1. The first-order chi connectivity index (χ1) is 9.99. The minimum Gasteiger partial charge on any atom is -0.351 e. The van der Waals surface area contributed by atoms with Crippen LogP contribution in [0.4, 0.5) is 14.5 Å². The zero-order valence-electron chi connectivity index (χ0n) is 11.1. The number of hydrogen-bond acceptors (Lipinski definition) is 4. The maximum Gasteiger partial charge on any atom is 0.308 e. The second kappa shape index (κ2) is 6.84. The summed E-state index contributed by atoms with van der Waals surface area (Å²) in [5.74, 6) is -2.14. The van der Waals surface area contributed by atoms with Gasteiger partial charge in [-0.1, -0.05) is 6.42 Å². The maximum absolute atomic E-state index is 13.8. The molecule has 0 bridgehead atoms. The first-order valence-corrected chi connectivity index (χ1v) is 7.57. The first kappa shape index (κ1) is 15.7. The topological polar surface area (TPSA) is 72.2 Å². The Labute approximate surface area is 124 Å². The molecule has 0 aliphatic carbocycles. The van der Waals surface area contributed by atoms with Gasteiger partial charge >= 0.3 is 5.69 Å². The second-order valence-electron chi connectivity index (χ2n) is 4.74. The molecule has 1 aromatic carbocycles. The summed E-state index contributed by atoms with van der Waals surface area (Å²) in [6.07, 6.45) is 3.17. The fourth-order valence-corrected chi connectivity index (χ4v) is 3.38. The van der Waals surface area contributed by atoms with Gasteiger partial charge in [-0.3, -0.25) is 14.9 Å². The summed E-state index contributed by atoms with van der Waals surface area (Å²) in [6.45, 7) is 0.341. The zero-order chi connectivity index (χ0) is 15.4. The van der Waals surface area contributed by atoms with E-state index in [-0.39, 0.29) is 5.25 Å². The van der Waals surface area contributed by atoms with E-state index in [0.717, 1.165) is 25.0 Å². The summed E-state index contributed by atoms with van der Waals surface area (Å²) >= 11 is 1.72. The van der Waals surface area contributed by atoms with Crippen molar-refractivity contribution in [1.29, 1.82) is 0 Å². The molecule has 0 saturated carbocycles. The van der Waals surface area contributed by atoms with E-state index in [1.807, 2.05) is 0 Å². The molecule has 1 aliphatic rings. The van der Waals surface area contributed by atoms with Gasteiger partial charge in [-0.2, -0.15) is 16.2 Å². The van der Waals surface area contributed by atoms with Crippen LogP contribution in [0.15, 0.2) is 12.1 Å². The van der Waals surface area contributed by atoms with Gasteiger partial charge in [0.2, 0.25) is 5.82 Å². The van der Waals surface area contributed by atoms with Crippen molar-refractivity contribution in [1.82, 2.24) is 5.32 Å². The summed E-state index contributed by atoms with van der Waals surface area (Å²) in [5.41, 5.74) is -1.67. The quantitative estimate of drug-likeness (QED) is 0.685. The lowest BCUT2D eigenvalue weighted by Gasteiger charge is -2.21. The van der Waals surface area contributed by atoms with Crippen LogP contribution in [-0.4, -0.2) is 28.4 Å². The number of amides is 1. The average Bonchev–Trinajstić information content (AvgIpc) is 2.47. The Morgan fingerprint density at radius 2 is 2.19 bits per heavy atom. The monoisotopic (exact) mass is 316 g/mol. The van der Waals surface area contributed by atoms with Gasteiger partial charge in [0, 0.05) is 11.8 Å². The number of halogens is 2. The summed E-state index contributed by atoms with van der Waals surface area (Å²) in [4.78, 5) is 21.5. The lowest BCUT2D eigenvalue weighted by Crippen LogP contribution is -2.32. The van der Waals surface area contributed by atoms with Crippen LogP contribution < -0.4 is 5.32 Å². The van der Waals surface area contributed by atoms with Crippen molar-refractivity contribution in [2.24, 2.45) is 0 Å². The van der Waals surface area contributed by atoms with E-state index in [4.69, 9.17) is 0 Å². The van der Waals surface area contributed by atoms with Crippen LogP contribution in [0.5, 0.6) is 0 Å². The van der Waals surface area contributed by atoms with Crippen LogP contribution in [0.3, 0.4) is 0 Å². The summed E-state index contributed by atoms with van der Waals surface area (Å²) in [7, 11) is 0. The van der Waals surface area contributed by atoms with Crippen molar-refractivity contribution < 1.29 is 18.5 Å². The van der Waals surface area contributed by atoms with Crippen molar-refractivity contribution >= 4 is 23.4 Å². The Bertz CT molecular complexity index is 563. The van der Waals surface area contributed by atoms with Crippen molar-refractivity contribution in [2.45, 2.75) is 24.5 Å². The van der Waals surface area contributed by atoms with Crippen molar-refractivity contribution in [3.8, 4) is 0 Å². The van der Waals surface area contributed by atoms with Crippen LogP contribution in [0.1, 0.15) is 29.6 Å². The summed E-state index contributed by atoms with van der Waals surface area (Å²) in [6, 6.07) is 1.13. The minimum atomic E-state index is -1.31. The Morgan fingerprint density at radius 3 is 2.81 bits per heavy atom. The standard InChI is InChI=1S/C13H14F2N2O3S/c14-8-5-10(12(15)11(6-8)17(19)20)13(18)16-7-9-3-1-2-4-21-9/h5-6,9H,1-4,7H2,(H,16,18). The average molecular weight is 316 g/mol. The molecule has 1 aliphatic heterocycles. The predicted octanol–water partition coefficient (Wildman–Crippen LogP) is 2.89. The number of nitrogens with zero attached hydrogens (tertiary/aromatic N) is 1. The van der Waals surface area contributed by atoms with Gasteiger partial charge in [-0.05, 0) is 24.7 Å². The molecule has 21 heavy (non-hydrogen) atoms. The van der Waals surface area contributed by atoms with Crippen LogP contribution in [0.25, 0.3) is 0 Å². The Morgan fingerprint density at radius 1 is 1.43 bits per heavy atom. The van der Waals surface area contributed by atoms with Gasteiger partial charge in [-0.15, -0.1) is 0 Å². The van der Waals surface area contributed by atoms with Crippen LogP contribution in [-0.2, 0) is 0 Å². The molecule has 1 unspecified atom stereocenters. The van der Waals surface area contributed by atoms with E-state index < -0.39 is 33.7 Å². The third kappa shape index (κ3) is 3.90. The van der Waals surface area contributed by atoms with Gasteiger partial charge in [0.05, 0.1) is 16.6 Å². The van der Waals surface area contributed by atoms with Gasteiger partial charge in [0.25, 0.3) is 5.91 Å². The summed E-state index contributed by atoms with van der Waals surface area (Å²) in [5, 5.41) is 13.4. The molecule has 1 N–H and O–H groups in total. The lowest BCUT2D eigenvalue weighted by molar-refractivity contribution is -0.387. The van der Waals surface area contributed by atoms with E-state index in [1.54, 1.807) is 11.8 Å². The highest BCUT2D eigenvalue weighted by Gasteiger charge is 2.24. The lowest BCUT2D eigenvalue weighted by atomic mass is 10.1. The van der Waals surface area contributed by atoms with Crippen LogP contribution in [0.2, 0.25) is 0 Å². The molecule has 114 valence electrons. The number of benzene rings is 1. The van der Waals surface area contributed by atoms with Crippen LogP contribution in [0, 0.1) is 21.7 Å². The molecule has 1 aromatic rings. The third-order valence-electron chi connectivity index (χ3n) is 3.22. The molecular weight excluding hydrogens is 302 g/mol. The molecule has 0 spiro atoms. The molecule has 1 atom stereocenters. The number of nitrogens with one attached hydrogen (secondary N) is 1. The Balaban J connectivity index is 2.09. The van der Waals surface area contributed by atoms with E-state index in [2.05, 4.69) is 5.32 Å². The normalized spacial score (nSPS) is 18.3. The van der Waals surface area contributed by atoms with Crippen LogP contribution >= 0.6 is 11.8 Å². The van der Waals surface area contributed by atoms with Gasteiger partial charge < -0.3 is 5.32 Å². The highest BCUT2D eigenvalue weighted by molar-refractivity contribution is 7.99. The molecule has 0 radical (unpaired) electrons. The number of nitro benzene ring substituents is 1. The number of rotatable bonds is 4. The first-order valence-electron chi connectivity index (χ1n) is 6.52. The van der Waals surface area contributed by atoms with E-state index >= 15 is 0 Å². The third-order valence-corrected chi connectivity index (χ3v) is 4.62. The summed E-state index contributed by atoms with van der Waals surface area (Å²) < 4.78 is 27.1. The van der Waals surface area contributed by atoms with Gasteiger partial charge in [-0.25, -0.2) is 4.39 Å². The van der Waals surface area contributed by atoms with Crippen molar-refractivity contribution in [3.05, 3.63) is 39.4 Å². The maximum atomic E-state index is 13.8. The molecule has 1 saturated heterocycles. The molecule has 1 fully saturated rings. The van der Waals surface area contributed by atoms with E-state index in [1.165, 1.54) is 0 Å². The van der Waals surface area contributed by atoms with Crippen molar-refractivity contribution in [3.63, 3.8) is 0 Å². The predicted molar refractivity (Wildman–Crippen MR) is 75.4 cm³/mol. The number of carbonyl (C=O) groups is 1. The number of thioether (sulfide) groups is 1. The van der Waals surface area contributed by atoms with Gasteiger partial charge in [0.15, 0.2) is 0 Å². The Hall–Kier alpha value is -1.70. The fraction of sp³-hybridized carbons (Fsp3) is 0.462. The highest BCUT2D eigenvalue weighted by Crippen LogP contribution is 2.25. The van der Waals surface area contributed by atoms with E-state index in [9.17, 15) is 23.7 Å². The molecule has 1 amide bonds. The SMILES string of the molecule is O=C(NCC1CCCCS1)c1cc(F)cc([N+](=O)[O-])c1F. The highest BCUT2D eigenvalue weighted by atomic mass is 32.2. The Kier molecular flexibility index (Phi) is 5.11. The number of carbonyl (C=O) groups excluding carboxylic acids is 1. The molecule has 8 heteroatoms. The number of hydrogen-bond donors (Lipinski definition) is 1. The van der Waals surface area contributed by atoms with Gasteiger partial charge in [0.1, 0.15) is 5.82 Å². The smallest absolute Gasteiger partial charge is 0.308 e. The molecule has 5 nitrogen and oxygen atoms in total. The van der Waals surface area contributed by atoms with Crippen molar-refractivity contribution in [2.75, 3.05) is 12.3 Å². The van der Waals surface area contributed by atoms with E-state index in [0.29, 0.717) is 18.7 Å². The largest absolute Gasteiger partial charge is 0.351 e.